The van der Waals surface area contributed by atoms with Gasteiger partial charge in [0, 0.05) is 76.4 Å². The molecule has 1 aromatic carbocycles. The SMILES string of the molecule is CC(C)N(C(=O)c1cc(F)ccc1Oc1cncnc1N1CC2(CCN(C[C@@H]3CCN(S(=O)(=O)N4CCCN(C(=O)OC(C)(C)C)CC4)C3)CC2)C1)C(C)C. The van der Waals surface area contributed by atoms with Crippen LogP contribution in [-0.4, -0.2) is 143 Å². The molecule has 1 spiro atoms. The molecule has 304 valence electrons. The fraction of sp³-hybridized carbons (Fsp3) is 0.692. The van der Waals surface area contributed by atoms with Crippen LogP contribution in [0.25, 0.3) is 0 Å². The summed E-state index contributed by atoms with van der Waals surface area (Å²) >= 11 is 0. The van der Waals surface area contributed by atoms with E-state index in [-0.39, 0.29) is 47.2 Å². The molecule has 16 heteroatoms. The highest BCUT2D eigenvalue weighted by molar-refractivity contribution is 7.86. The Kier molecular flexibility index (Phi) is 12.3. The van der Waals surface area contributed by atoms with Gasteiger partial charge in [-0.25, -0.2) is 19.2 Å². The lowest BCUT2D eigenvalue weighted by molar-refractivity contribution is 0.0259. The van der Waals surface area contributed by atoms with Crippen LogP contribution in [0.15, 0.2) is 30.7 Å². The Balaban J connectivity index is 0.999. The third kappa shape index (κ3) is 9.51. The van der Waals surface area contributed by atoms with E-state index >= 15 is 0 Å². The highest BCUT2D eigenvalue weighted by Crippen LogP contribution is 2.45. The van der Waals surface area contributed by atoms with Crippen LogP contribution >= 0.6 is 0 Å². The molecule has 4 aliphatic heterocycles. The van der Waals surface area contributed by atoms with Gasteiger partial charge in [0.25, 0.3) is 16.1 Å². The van der Waals surface area contributed by atoms with Crippen LogP contribution in [0.4, 0.5) is 15.0 Å². The fourth-order valence-electron chi connectivity index (χ4n) is 8.46. The molecule has 0 N–H and O–H groups in total. The number of nitrogens with zero attached hydrogens (tertiary/aromatic N) is 8. The Morgan fingerprint density at radius 1 is 0.964 bits per heavy atom. The van der Waals surface area contributed by atoms with E-state index in [0.29, 0.717) is 50.7 Å². The molecule has 0 bridgehead atoms. The summed E-state index contributed by atoms with van der Waals surface area (Å²) in [4.78, 5) is 42.9. The average Bonchev–Trinajstić information content (AvgIpc) is 3.42. The first-order valence-corrected chi connectivity index (χ1v) is 21.1. The van der Waals surface area contributed by atoms with E-state index in [1.54, 1.807) is 20.3 Å². The lowest BCUT2D eigenvalue weighted by Gasteiger charge is -2.54. The van der Waals surface area contributed by atoms with E-state index in [1.165, 1.54) is 28.8 Å². The molecule has 4 aliphatic rings. The lowest BCUT2D eigenvalue weighted by atomic mass is 9.72. The van der Waals surface area contributed by atoms with Gasteiger partial charge in [0.2, 0.25) is 0 Å². The number of likely N-dealkylation sites (tertiary alicyclic amines) is 1. The van der Waals surface area contributed by atoms with Gasteiger partial charge in [-0.1, -0.05) is 0 Å². The fourth-order valence-corrected chi connectivity index (χ4v) is 10.2. The summed E-state index contributed by atoms with van der Waals surface area (Å²) in [6, 6.07) is 3.84. The van der Waals surface area contributed by atoms with Crippen LogP contribution in [0.5, 0.6) is 11.5 Å². The van der Waals surface area contributed by atoms with Gasteiger partial charge in [0.15, 0.2) is 11.6 Å². The summed E-state index contributed by atoms with van der Waals surface area (Å²) in [5.74, 6) is 0.768. The lowest BCUT2D eigenvalue weighted by Crippen LogP contribution is -2.61. The van der Waals surface area contributed by atoms with Crippen molar-refractivity contribution in [2.24, 2.45) is 11.3 Å². The summed E-state index contributed by atoms with van der Waals surface area (Å²) in [5, 5.41) is 0. The number of piperidine rings is 1. The molecule has 14 nitrogen and oxygen atoms in total. The van der Waals surface area contributed by atoms with Crippen LogP contribution in [0.1, 0.15) is 84.5 Å². The van der Waals surface area contributed by atoms with E-state index in [4.69, 9.17) is 9.47 Å². The Morgan fingerprint density at radius 2 is 1.67 bits per heavy atom. The highest BCUT2D eigenvalue weighted by Gasteiger charge is 2.47. The highest BCUT2D eigenvalue weighted by atomic mass is 32.2. The van der Waals surface area contributed by atoms with Crippen molar-refractivity contribution in [3.05, 3.63) is 42.1 Å². The van der Waals surface area contributed by atoms with Crippen molar-refractivity contribution < 1.29 is 31.9 Å². The predicted octanol–water partition coefficient (Wildman–Crippen LogP) is 5.08. The van der Waals surface area contributed by atoms with Crippen molar-refractivity contribution in [3.63, 3.8) is 0 Å². The van der Waals surface area contributed by atoms with E-state index in [2.05, 4.69) is 19.8 Å². The van der Waals surface area contributed by atoms with E-state index in [0.717, 1.165) is 52.0 Å². The van der Waals surface area contributed by atoms with Crippen LogP contribution in [0, 0.1) is 17.2 Å². The molecule has 0 radical (unpaired) electrons. The maximum atomic E-state index is 14.4. The number of amides is 2. The van der Waals surface area contributed by atoms with Crippen LogP contribution < -0.4 is 9.64 Å². The Bertz CT molecular complexity index is 1780. The summed E-state index contributed by atoms with van der Waals surface area (Å²) in [7, 11) is -3.62. The molecule has 1 atom stereocenters. The molecule has 1 aromatic heterocycles. The van der Waals surface area contributed by atoms with E-state index in [9.17, 15) is 22.4 Å². The monoisotopic (exact) mass is 786 g/mol. The average molecular weight is 787 g/mol. The topological polar surface area (TPSA) is 132 Å². The van der Waals surface area contributed by atoms with Gasteiger partial charge in [-0.15, -0.1) is 0 Å². The quantitative estimate of drug-likeness (QED) is 0.322. The zero-order chi connectivity index (χ0) is 39.7. The normalized spacial score (nSPS) is 21.5. The van der Waals surface area contributed by atoms with E-state index < -0.39 is 27.7 Å². The van der Waals surface area contributed by atoms with Crippen LogP contribution in [0.2, 0.25) is 0 Å². The van der Waals surface area contributed by atoms with E-state index in [1.807, 2.05) is 48.5 Å². The van der Waals surface area contributed by atoms with Gasteiger partial charge >= 0.3 is 6.09 Å². The number of carbonyl (C=O) groups is 2. The van der Waals surface area contributed by atoms with Gasteiger partial charge in [0.1, 0.15) is 23.5 Å². The number of hydrogen-bond acceptors (Lipinski definition) is 10. The number of halogens is 1. The van der Waals surface area contributed by atoms with Crippen molar-refractivity contribution in [1.82, 2.24) is 33.3 Å². The van der Waals surface area contributed by atoms with Crippen molar-refractivity contribution in [3.8, 4) is 11.5 Å². The molecule has 0 unspecified atom stereocenters. The molecule has 2 aromatic rings. The summed E-state index contributed by atoms with van der Waals surface area (Å²) in [6.07, 6.45) is 6.13. The third-order valence-electron chi connectivity index (χ3n) is 11.2. The standard InChI is InChI=1S/C39H59FN8O6S/c1-28(2)48(29(3)4)36(49)32-21-31(40)9-10-33(32)53-34-22-41-27-42-35(34)45-25-39(26-45)12-17-43(18-13-39)23-30-11-16-47(24-30)55(51,52)46-15-8-14-44(19-20-46)37(50)54-38(5,6)7/h9-10,21-22,27-30H,8,11-20,23-26H2,1-7H3/t30-/m0/s1. The first kappa shape index (κ1) is 41.0. The van der Waals surface area contributed by atoms with Crippen LogP contribution in [0.3, 0.4) is 0 Å². The summed E-state index contributed by atoms with van der Waals surface area (Å²) < 4.78 is 56.8. The molecule has 4 fully saturated rings. The second-order valence-corrected chi connectivity index (χ2v) is 19.2. The number of aromatic nitrogens is 2. The number of rotatable bonds is 10. The molecule has 55 heavy (non-hydrogen) atoms. The van der Waals surface area contributed by atoms with Gasteiger partial charge in [-0.2, -0.15) is 17.0 Å². The Labute approximate surface area is 326 Å². The zero-order valence-electron chi connectivity index (χ0n) is 33.5. The summed E-state index contributed by atoms with van der Waals surface area (Å²) in [6.45, 7) is 20.1. The summed E-state index contributed by atoms with van der Waals surface area (Å²) in [5.41, 5.74) is -0.299. The number of ether oxygens (including phenoxy) is 2. The Morgan fingerprint density at radius 3 is 2.35 bits per heavy atom. The van der Waals surface area contributed by atoms with Gasteiger partial charge in [0.05, 0.1) is 11.8 Å². The number of benzene rings is 1. The smallest absolute Gasteiger partial charge is 0.410 e. The minimum absolute atomic E-state index is 0.0805. The molecule has 5 heterocycles. The number of carbonyl (C=O) groups excluding carboxylic acids is 2. The first-order valence-electron chi connectivity index (χ1n) is 19.8. The minimum Gasteiger partial charge on any atom is -0.451 e. The maximum Gasteiger partial charge on any atom is 0.410 e. The second kappa shape index (κ2) is 16.5. The number of anilines is 1. The van der Waals surface area contributed by atoms with Crippen molar-refractivity contribution in [2.45, 2.75) is 91.8 Å². The molecule has 2 amide bonds. The maximum absolute atomic E-state index is 14.4. The zero-order valence-corrected chi connectivity index (χ0v) is 34.4. The molecular formula is C39H59FN8O6S. The largest absolute Gasteiger partial charge is 0.451 e. The molecule has 4 saturated heterocycles. The second-order valence-electron chi connectivity index (χ2n) is 17.3. The minimum atomic E-state index is -3.62. The predicted molar refractivity (Wildman–Crippen MR) is 208 cm³/mol. The molecule has 0 aliphatic carbocycles. The first-order chi connectivity index (χ1) is 25.9. The van der Waals surface area contributed by atoms with Gasteiger partial charge in [-0.3, -0.25) is 4.79 Å². The van der Waals surface area contributed by atoms with Crippen molar-refractivity contribution in [1.29, 1.82) is 0 Å². The molecular weight excluding hydrogens is 728 g/mol. The third-order valence-corrected chi connectivity index (χ3v) is 13.2. The van der Waals surface area contributed by atoms with Crippen LogP contribution in [-0.2, 0) is 14.9 Å². The van der Waals surface area contributed by atoms with Crippen molar-refractivity contribution >= 4 is 28.0 Å². The van der Waals surface area contributed by atoms with Crippen molar-refractivity contribution in [2.75, 3.05) is 76.9 Å². The van der Waals surface area contributed by atoms with Gasteiger partial charge in [-0.05, 0) is 111 Å². The molecule has 0 saturated carbocycles. The molecule has 6 rings (SSSR count). The van der Waals surface area contributed by atoms with Gasteiger partial charge < -0.3 is 29.1 Å². The number of hydrogen-bond donors (Lipinski definition) is 0. The Hall–Kier alpha value is -3.60.